The number of fused-ring (bicyclic) bond motifs is 2. The van der Waals surface area contributed by atoms with Crippen LogP contribution in [-0.4, -0.2) is 48.7 Å². The lowest BCUT2D eigenvalue weighted by Crippen LogP contribution is -2.47. The lowest BCUT2D eigenvalue weighted by atomic mass is 9.96. The standard InChI is InChI=1S/C21H32N4O/c1-2-22-21(24-19-13-18-9-10-20(19)26-18)23-14-16-5-7-17(8-6-16)15-25-11-3-4-12-25/h5-8,18-20H,2-4,9-15H2,1H3,(H2,22,23,24). The van der Waals surface area contributed by atoms with Gasteiger partial charge in [0.1, 0.15) is 0 Å². The fraction of sp³-hybridized carbons (Fsp3) is 0.667. The van der Waals surface area contributed by atoms with Crippen LogP contribution >= 0.6 is 0 Å². The number of aliphatic imine (C=N–C) groups is 1. The molecule has 0 spiro atoms. The summed E-state index contributed by atoms with van der Waals surface area (Å²) in [6.45, 7) is 7.27. The Morgan fingerprint density at radius 3 is 2.58 bits per heavy atom. The molecule has 5 nitrogen and oxygen atoms in total. The molecule has 3 saturated heterocycles. The van der Waals surface area contributed by atoms with E-state index in [9.17, 15) is 0 Å². The van der Waals surface area contributed by atoms with Gasteiger partial charge in [-0.15, -0.1) is 0 Å². The smallest absolute Gasteiger partial charge is 0.191 e. The van der Waals surface area contributed by atoms with E-state index in [4.69, 9.17) is 9.73 Å². The molecule has 0 aromatic heterocycles. The summed E-state index contributed by atoms with van der Waals surface area (Å²) < 4.78 is 5.95. The molecule has 4 rings (SSSR count). The van der Waals surface area contributed by atoms with Crippen molar-refractivity contribution in [3.05, 3.63) is 35.4 Å². The molecule has 0 amide bonds. The van der Waals surface area contributed by atoms with Gasteiger partial charge in [-0.25, -0.2) is 4.99 Å². The Morgan fingerprint density at radius 2 is 1.92 bits per heavy atom. The van der Waals surface area contributed by atoms with Crippen LogP contribution in [0.1, 0.15) is 50.2 Å². The molecule has 2 N–H and O–H groups in total. The zero-order valence-corrected chi connectivity index (χ0v) is 15.9. The van der Waals surface area contributed by atoms with Crippen LogP contribution < -0.4 is 10.6 Å². The maximum absolute atomic E-state index is 5.95. The quantitative estimate of drug-likeness (QED) is 0.608. The van der Waals surface area contributed by atoms with Crippen molar-refractivity contribution in [3.8, 4) is 0 Å². The third-order valence-electron chi connectivity index (χ3n) is 5.82. The molecule has 3 fully saturated rings. The van der Waals surface area contributed by atoms with Gasteiger partial charge in [0, 0.05) is 13.1 Å². The van der Waals surface area contributed by atoms with Gasteiger partial charge in [0.05, 0.1) is 24.8 Å². The van der Waals surface area contributed by atoms with Gasteiger partial charge in [-0.1, -0.05) is 24.3 Å². The van der Waals surface area contributed by atoms with E-state index >= 15 is 0 Å². The van der Waals surface area contributed by atoms with Crippen LogP contribution in [0.15, 0.2) is 29.3 Å². The maximum atomic E-state index is 5.95. The Morgan fingerprint density at radius 1 is 1.15 bits per heavy atom. The molecule has 3 unspecified atom stereocenters. The normalized spacial score (nSPS) is 28.7. The van der Waals surface area contributed by atoms with Gasteiger partial charge in [0.2, 0.25) is 0 Å². The first-order chi connectivity index (χ1) is 12.8. The first kappa shape index (κ1) is 17.8. The van der Waals surface area contributed by atoms with Crippen LogP contribution in [0.5, 0.6) is 0 Å². The van der Waals surface area contributed by atoms with Crippen molar-refractivity contribution in [1.29, 1.82) is 0 Å². The number of ether oxygens (including phenoxy) is 1. The van der Waals surface area contributed by atoms with Crippen molar-refractivity contribution >= 4 is 5.96 Å². The number of benzene rings is 1. The van der Waals surface area contributed by atoms with Crippen LogP contribution in [0.25, 0.3) is 0 Å². The minimum atomic E-state index is 0.369. The highest BCUT2D eigenvalue weighted by Gasteiger charge is 2.41. The van der Waals surface area contributed by atoms with Gasteiger partial charge >= 0.3 is 0 Å². The summed E-state index contributed by atoms with van der Waals surface area (Å²) in [5, 5.41) is 6.96. The summed E-state index contributed by atoms with van der Waals surface area (Å²) in [6, 6.07) is 9.37. The van der Waals surface area contributed by atoms with E-state index in [0.717, 1.165) is 25.5 Å². The van der Waals surface area contributed by atoms with E-state index in [2.05, 4.69) is 46.7 Å². The Kier molecular flexibility index (Phi) is 5.75. The Hall–Kier alpha value is -1.59. The number of nitrogens with one attached hydrogen (secondary N) is 2. The predicted molar refractivity (Wildman–Crippen MR) is 105 cm³/mol. The van der Waals surface area contributed by atoms with Crippen LogP contribution in [0.4, 0.5) is 0 Å². The van der Waals surface area contributed by atoms with Crippen molar-refractivity contribution in [3.63, 3.8) is 0 Å². The summed E-state index contributed by atoms with van der Waals surface area (Å²) >= 11 is 0. The number of hydrogen-bond donors (Lipinski definition) is 2. The van der Waals surface area contributed by atoms with Crippen molar-refractivity contribution in [2.45, 2.75) is 70.4 Å². The highest BCUT2D eigenvalue weighted by Crippen LogP contribution is 2.34. The average molecular weight is 357 g/mol. The Bertz CT molecular complexity index is 609. The number of nitrogens with zero attached hydrogens (tertiary/aromatic N) is 2. The van der Waals surface area contributed by atoms with Gasteiger partial charge in [0.15, 0.2) is 5.96 Å². The molecular weight excluding hydrogens is 324 g/mol. The molecule has 1 aromatic carbocycles. The Labute approximate surface area is 157 Å². The number of likely N-dealkylation sites (tertiary alicyclic amines) is 1. The summed E-state index contributed by atoms with van der Waals surface area (Å²) in [7, 11) is 0. The zero-order valence-electron chi connectivity index (χ0n) is 15.9. The second-order valence-electron chi connectivity index (χ2n) is 7.86. The van der Waals surface area contributed by atoms with Crippen LogP contribution in [-0.2, 0) is 17.8 Å². The topological polar surface area (TPSA) is 48.9 Å². The fourth-order valence-electron chi connectivity index (χ4n) is 4.40. The van der Waals surface area contributed by atoms with E-state index in [1.807, 2.05) is 0 Å². The van der Waals surface area contributed by atoms with E-state index in [-0.39, 0.29) is 0 Å². The second-order valence-corrected chi connectivity index (χ2v) is 7.86. The molecule has 1 aromatic rings. The van der Waals surface area contributed by atoms with E-state index < -0.39 is 0 Å². The molecule has 142 valence electrons. The highest BCUT2D eigenvalue weighted by molar-refractivity contribution is 5.80. The summed E-state index contributed by atoms with van der Waals surface area (Å²) in [5.41, 5.74) is 2.67. The van der Waals surface area contributed by atoms with Crippen molar-refractivity contribution in [2.24, 2.45) is 4.99 Å². The third kappa shape index (κ3) is 4.38. The zero-order chi connectivity index (χ0) is 17.8. The predicted octanol–water partition coefficient (Wildman–Crippen LogP) is 2.66. The molecule has 5 heteroatoms. The van der Waals surface area contributed by atoms with Gasteiger partial charge in [-0.2, -0.15) is 0 Å². The average Bonchev–Trinajstić information content (AvgIpc) is 3.39. The van der Waals surface area contributed by atoms with E-state index in [1.54, 1.807) is 0 Å². The monoisotopic (exact) mass is 356 g/mol. The summed E-state index contributed by atoms with van der Waals surface area (Å²) in [5.74, 6) is 0.912. The lowest BCUT2D eigenvalue weighted by Gasteiger charge is -2.22. The van der Waals surface area contributed by atoms with Crippen LogP contribution in [0.3, 0.4) is 0 Å². The summed E-state index contributed by atoms with van der Waals surface area (Å²) in [6.07, 6.45) is 7.04. The molecule has 0 radical (unpaired) electrons. The first-order valence-corrected chi connectivity index (χ1v) is 10.3. The van der Waals surface area contributed by atoms with Gasteiger partial charge < -0.3 is 15.4 Å². The molecule has 3 atom stereocenters. The minimum absolute atomic E-state index is 0.369. The fourth-order valence-corrected chi connectivity index (χ4v) is 4.40. The van der Waals surface area contributed by atoms with E-state index in [0.29, 0.717) is 24.8 Å². The van der Waals surface area contributed by atoms with E-state index in [1.165, 1.54) is 49.9 Å². The first-order valence-electron chi connectivity index (χ1n) is 10.3. The molecule has 26 heavy (non-hydrogen) atoms. The maximum Gasteiger partial charge on any atom is 0.191 e. The minimum Gasteiger partial charge on any atom is -0.373 e. The molecule has 0 saturated carbocycles. The molecule has 3 heterocycles. The molecule has 3 aliphatic heterocycles. The van der Waals surface area contributed by atoms with Gasteiger partial charge in [-0.3, -0.25) is 4.90 Å². The van der Waals surface area contributed by atoms with Gasteiger partial charge in [0.25, 0.3) is 0 Å². The molecule has 0 aliphatic carbocycles. The number of guanidine groups is 1. The lowest BCUT2D eigenvalue weighted by molar-refractivity contribution is 0.0992. The van der Waals surface area contributed by atoms with Crippen molar-refractivity contribution < 1.29 is 4.74 Å². The van der Waals surface area contributed by atoms with Crippen molar-refractivity contribution in [2.75, 3.05) is 19.6 Å². The van der Waals surface area contributed by atoms with Crippen LogP contribution in [0.2, 0.25) is 0 Å². The molecular formula is C21H32N4O. The van der Waals surface area contributed by atoms with Crippen LogP contribution in [0, 0.1) is 0 Å². The molecule has 3 aliphatic rings. The van der Waals surface area contributed by atoms with Gasteiger partial charge in [-0.05, 0) is 63.2 Å². The highest BCUT2D eigenvalue weighted by atomic mass is 16.5. The SMILES string of the molecule is CCNC(=NCc1ccc(CN2CCCC2)cc1)NC1CC2CCC1O2. The Balaban J connectivity index is 1.32. The second kappa shape index (κ2) is 8.40. The number of rotatable bonds is 6. The third-order valence-corrected chi connectivity index (χ3v) is 5.82. The number of hydrogen-bond acceptors (Lipinski definition) is 3. The van der Waals surface area contributed by atoms with Crippen molar-refractivity contribution in [1.82, 2.24) is 15.5 Å². The largest absolute Gasteiger partial charge is 0.373 e. The molecule has 2 bridgehead atoms. The summed E-state index contributed by atoms with van der Waals surface area (Å²) in [4.78, 5) is 7.33.